The monoisotopic (exact) mass is 342 g/mol. The van der Waals surface area contributed by atoms with E-state index in [0.29, 0.717) is 11.6 Å². The van der Waals surface area contributed by atoms with Crippen molar-refractivity contribution in [3.63, 3.8) is 0 Å². The number of nitrogens with zero attached hydrogens (tertiary/aromatic N) is 1. The second-order valence-corrected chi connectivity index (χ2v) is 8.61. The zero-order valence-electron chi connectivity index (χ0n) is 12.2. The van der Waals surface area contributed by atoms with Gasteiger partial charge in [0.15, 0.2) is 0 Å². The summed E-state index contributed by atoms with van der Waals surface area (Å²) in [6, 6.07) is 7.71. The third-order valence-electron chi connectivity index (χ3n) is 4.90. The van der Waals surface area contributed by atoms with Crippen molar-refractivity contribution in [2.75, 3.05) is 13.1 Å². The number of halogens is 1. The lowest BCUT2D eigenvalue weighted by molar-refractivity contribution is -0.128. The highest BCUT2D eigenvalue weighted by molar-refractivity contribution is 7.89. The van der Waals surface area contributed by atoms with Crippen LogP contribution in [0.4, 0.5) is 0 Å². The topological polar surface area (TPSA) is 80.5 Å². The van der Waals surface area contributed by atoms with Crippen LogP contribution in [-0.4, -0.2) is 37.6 Å². The van der Waals surface area contributed by atoms with Gasteiger partial charge in [-0.15, -0.1) is 0 Å². The van der Waals surface area contributed by atoms with Gasteiger partial charge < -0.3 is 4.90 Å². The molecular formula is C15H19ClN2O3S. The Morgan fingerprint density at radius 2 is 1.91 bits per heavy atom. The van der Waals surface area contributed by atoms with Gasteiger partial charge in [-0.3, -0.25) is 4.79 Å². The van der Waals surface area contributed by atoms with E-state index in [1.807, 2.05) is 24.3 Å². The summed E-state index contributed by atoms with van der Waals surface area (Å²) in [6.07, 6.45) is 3.11. The fourth-order valence-electron chi connectivity index (χ4n) is 3.42. The van der Waals surface area contributed by atoms with Gasteiger partial charge in [0.25, 0.3) is 0 Å². The summed E-state index contributed by atoms with van der Waals surface area (Å²) < 4.78 is 22.9. The van der Waals surface area contributed by atoms with Crippen LogP contribution < -0.4 is 5.14 Å². The number of primary sulfonamides is 1. The lowest BCUT2D eigenvalue weighted by atomic mass is 9.64. The molecule has 0 aromatic heterocycles. The number of rotatable bonds is 4. The molecule has 1 aliphatic heterocycles. The van der Waals surface area contributed by atoms with Crippen LogP contribution in [0.1, 0.15) is 31.2 Å². The summed E-state index contributed by atoms with van der Waals surface area (Å²) >= 11 is 5.94. The maximum atomic E-state index is 12.1. The molecule has 1 unspecified atom stereocenters. The standard InChI is InChI=1S/C15H19ClN2O3S/c16-12-4-2-11(3-5-12)15(6-1-7-15)10-18-9-13(8-14(18)19)22(17,20)21/h2-5,13H,1,6-10H2,(H2,17,20,21). The van der Waals surface area contributed by atoms with E-state index in [0.717, 1.165) is 24.8 Å². The molecule has 2 aliphatic rings. The largest absolute Gasteiger partial charge is 0.340 e. The van der Waals surface area contributed by atoms with E-state index in [4.69, 9.17) is 16.7 Å². The van der Waals surface area contributed by atoms with Crippen molar-refractivity contribution in [2.24, 2.45) is 5.14 Å². The molecule has 1 aromatic rings. The van der Waals surface area contributed by atoms with Crippen molar-refractivity contribution in [1.82, 2.24) is 4.90 Å². The molecule has 1 heterocycles. The number of nitrogens with two attached hydrogens (primary N) is 1. The van der Waals surface area contributed by atoms with Crippen LogP contribution in [0, 0.1) is 0 Å². The van der Waals surface area contributed by atoms with E-state index in [1.54, 1.807) is 4.90 Å². The van der Waals surface area contributed by atoms with E-state index in [-0.39, 0.29) is 24.3 Å². The highest BCUT2D eigenvalue weighted by atomic mass is 35.5. The Morgan fingerprint density at radius 1 is 1.27 bits per heavy atom. The second kappa shape index (κ2) is 5.51. The van der Waals surface area contributed by atoms with E-state index < -0.39 is 15.3 Å². The Hall–Kier alpha value is -1.11. The van der Waals surface area contributed by atoms with Crippen molar-refractivity contribution in [2.45, 2.75) is 36.3 Å². The first-order valence-electron chi connectivity index (χ1n) is 7.36. The van der Waals surface area contributed by atoms with Crippen LogP contribution in [0.15, 0.2) is 24.3 Å². The molecular weight excluding hydrogens is 324 g/mol. The molecule has 1 saturated heterocycles. The second-order valence-electron chi connectivity index (χ2n) is 6.33. The maximum absolute atomic E-state index is 12.1. The van der Waals surface area contributed by atoms with Crippen LogP contribution in [0.3, 0.4) is 0 Å². The molecule has 120 valence electrons. The van der Waals surface area contributed by atoms with Gasteiger partial charge in [-0.25, -0.2) is 13.6 Å². The maximum Gasteiger partial charge on any atom is 0.224 e. The number of amides is 1. The molecule has 3 rings (SSSR count). The minimum Gasteiger partial charge on any atom is -0.340 e. The number of carbonyl (C=O) groups is 1. The van der Waals surface area contributed by atoms with E-state index in [9.17, 15) is 13.2 Å². The quantitative estimate of drug-likeness (QED) is 0.903. The van der Waals surface area contributed by atoms with E-state index in [2.05, 4.69) is 0 Å². The summed E-state index contributed by atoms with van der Waals surface area (Å²) in [5, 5.41) is 5.09. The van der Waals surface area contributed by atoms with Gasteiger partial charge in [-0.1, -0.05) is 30.2 Å². The summed E-state index contributed by atoms with van der Waals surface area (Å²) in [5.74, 6) is -0.126. The zero-order chi connectivity index (χ0) is 16.0. The molecule has 1 aliphatic carbocycles. The highest BCUT2D eigenvalue weighted by Crippen LogP contribution is 2.45. The molecule has 1 amide bonds. The number of benzene rings is 1. The lowest BCUT2D eigenvalue weighted by Crippen LogP contribution is -2.46. The lowest BCUT2D eigenvalue weighted by Gasteiger charge is -2.45. The molecule has 0 spiro atoms. The van der Waals surface area contributed by atoms with Crippen LogP contribution in [0.5, 0.6) is 0 Å². The number of hydrogen-bond donors (Lipinski definition) is 1. The molecule has 2 N–H and O–H groups in total. The minimum atomic E-state index is -3.66. The van der Waals surface area contributed by atoms with Gasteiger partial charge in [0.2, 0.25) is 15.9 Å². The van der Waals surface area contributed by atoms with Gasteiger partial charge in [-0.2, -0.15) is 0 Å². The van der Waals surface area contributed by atoms with Crippen molar-refractivity contribution < 1.29 is 13.2 Å². The number of likely N-dealkylation sites (tertiary alicyclic amines) is 1. The molecule has 7 heteroatoms. The highest BCUT2D eigenvalue weighted by Gasteiger charge is 2.44. The summed E-state index contributed by atoms with van der Waals surface area (Å²) in [6.45, 7) is 0.756. The Labute approximate surface area is 135 Å². The van der Waals surface area contributed by atoms with Crippen molar-refractivity contribution in [1.29, 1.82) is 0 Å². The van der Waals surface area contributed by atoms with E-state index in [1.165, 1.54) is 0 Å². The van der Waals surface area contributed by atoms with Crippen molar-refractivity contribution in [3.8, 4) is 0 Å². The Kier molecular flexibility index (Phi) is 3.95. The predicted molar refractivity (Wildman–Crippen MR) is 85.1 cm³/mol. The Bertz CT molecular complexity index is 683. The SMILES string of the molecule is NS(=O)(=O)C1CC(=O)N(CC2(c3ccc(Cl)cc3)CCC2)C1. The average Bonchev–Trinajstić information content (AvgIpc) is 2.76. The van der Waals surface area contributed by atoms with Gasteiger partial charge in [0.05, 0.1) is 0 Å². The van der Waals surface area contributed by atoms with Crippen LogP contribution in [0.25, 0.3) is 0 Å². The smallest absolute Gasteiger partial charge is 0.224 e. The third-order valence-corrected chi connectivity index (χ3v) is 6.40. The third kappa shape index (κ3) is 2.87. The normalized spacial score (nSPS) is 24.4. The fourth-order valence-corrected chi connectivity index (χ4v) is 4.31. The van der Waals surface area contributed by atoms with E-state index >= 15 is 0 Å². The number of carbonyl (C=O) groups excluding carboxylic acids is 1. The molecule has 1 saturated carbocycles. The van der Waals surface area contributed by atoms with Crippen LogP contribution in [-0.2, 0) is 20.2 Å². The summed E-state index contributed by atoms with van der Waals surface area (Å²) in [4.78, 5) is 13.8. The molecule has 5 nitrogen and oxygen atoms in total. The first-order chi connectivity index (χ1) is 10.3. The minimum absolute atomic E-state index is 0.00443. The molecule has 1 atom stereocenters. The van der Waals surface area contributed by atoms with Crippen LogP contribution in [0.2, 0.25) is 5.02 Å². The summed E-state index contributed by atoms with van der Waals surface area (Å²) in [7, 11) is -3.66. The predicted octanol–water partition coefficient (Wildman–Crippen LogP) is 1.65. The Balaban J connectivity index is 1.79. The summed E-state index contributed by atoms with van der Waals surface area (Å²) in [5.41, 5.74) is 1.09. The first kappa shape index (κ1) is 15.8. The fraction of sp³-hybridized carbons (Fsp3) is 0.533. The molecule has 1 aromatic carbocycles. The van der Waals surface area contributed by atoms with Gasteiger partial charge in [0.1, 0.15) is 5.25 Å². The number of sulfonamides is 1. The van der Waals surface area contributed by atoms with Crippen molar-refractivity contribution >= 4 is 27.5 Å². The zero-order valence-corrected chi connectivity index (χ0v) is 13.7. The molecule has 22 heavy (non-hydrogen) atoms. The van der Waals surface area contributed by atoms with Gasteiger partial charge in [-0.05, 0) is 30.5 Å². The average molecular weight is 343 g/mol. The van der Waals surface area contributed by atoms with Gasteiger partial charge >= 0.3 is 0 Å². The van der Waals surface area contributed by atoms with Crippen LogP contribution >= 0.6 is 11.6 Å². The molecule has 2 fully saturated rings. The molecule has 0 bridgehead atoms. The number of hydrogen-bond acceptors (Lipinski definition) is 3. The molecule has 0 radical (unpaired) electrons. The first-order valence-corrected chi connectivity index (χ1v) is 9.34. The van der Waals surface area contributed by atoms with Gasteiger partial charge in [0, 0.05) is 29.9 Å². The Morgan fingerprint density at radius 3 is 2.36 bits per heavy atom. The van der Waals surface area contributed by atoms with Crippen molar-refractivity contribution in [3.05, 3.63) is 34.9 Å².